The van der Waals surface area contributed by atoms with Gasteiger partial charge in [0.05, 0.1) is 22.9 Å². The maximum atomic E-state index is 13.0. The van der Waals surface area contributed by atoms with E-state index in [4.69, 9.17) is 5.26 Å². The molecule has 4 nitrogen and oxygen atoms in total. The van der Waals surface area contributed by atoms with E-state index in [-0.39, 0.29) is 11.4 Å². The summed E-state index contributed by atoms with van der Waals surface area (Å²) in [6.45, 7) is 0. The minimum Gasteiger partial charge on any atom is -0.478 e. The molecule has 0 amide bonds. The molecule has 0 radical (unpaired) electrons. The first kappa shape index (κ1) is 16.2. The fourth-order valence-corrected chi connectivity index (χ4v) is 2.47. The molecule has 0 unspecified atom stereocenters. The van der Waals surface area contributed by atoms with Gasteiger partial charge in [0, 0.05) is 5.69 Å². The average Bonchev–Trinajstić information content (AvgIpc) is 2.63. The van der Waals surface area contributed by atoms with E-state index in [1.54, 1.807) is 30.3 Å². The molecule has 122 valence electrons. The highest BCUT2D eigenvalue weighted by atomic mass is 19.1. The molecule has 0 atom stereocenters. The number of hydrogen-bond acceptors (Lipinski definition) is 3. The minimum atomic E-state index is -1.07. The summed E-state index contributed by atoms with van der Waals surface area (Å²) in [5.41, 5.74) is 3.16. The van der Waals surface area contributed by atoms with Gasteiger partial charge < -0.3 is 10.4 Å². The molecule has 0 fully saturated rings. The van der Waals surface area contributed by atoms with Crippen LogP contribution in [0.4, 0.5) is 15.8 Å². The van der Waals surface area contributed by atoms with Gasteiger partial charge in [0.2, 0.25) is 0 Å². The van der Waals surface area contributed by atoms with Crippen molar-refractivity contribution in [1.82, 2.24) is 0 Å². The molecule has 0 aromatic heterocycles. The average molecular weight is 332 g/mol. The molecule has 0 aliphatic carbocycles. The standard InChI is InChI=1S/C20H13FN2O2/c21-16-5-7-17(8-6-16)23-19-11-15(4-9-18(19)20(24)25)14-3-1-2-13(10-14)12-22/h1-11,23H,(H,24,25). The zero-order valence-corrected chi connectivity index (χ0v) is 13.0. The van der Waals surface area contributed by atoms with Gasteiger partial charge in [-0.05, 0) is 59.7 Å². The van der Waals surface area contributed by atoms with Crippen LogP contribution in [0.25, 0.3) is 11.1 Å². The number of anilines is 2. The van der Waals surface area contributed by atoms with E-state index in [9.17, 15) is 14.3 Å². The van der Waals surface area contributed by atoms with Gasteiger partial charge in [-0.3, -0.25) is 0 Å². The number of hydrogen-bond donors (Lipinski definition) is 2. The molecule has 0 spiro atoms. The Morgan fingerprint density at radius 3 is 2.40 bits per heavy atom. The van der Waals surface area contributed by atoms with Crippen molar-refractivity contribution in [2.24, 2.45) is 0 Å². The Morgan fingerprint density at radius 2 is 1.72 bits per heavy atom. The number of benzene rings is 3. The molecular formula is C20H13FN2O2. The van der Waals surface area contributed by atoms with Crippen molar-refractivity contribution in [3.05, 3.63) is 83.7 Å². The highest BCUT2D eigenvalue weighted by Gasteiger charge is 2.12. The van der Waals surface area contributed by atoms with E-state index in [1.165, 1.54) is 30.3 Å². The highest BCUT2D eigenvalue weighted by molar-refractivity contribution is 5.96. The Kier molecular flexibility index (Phi) is 4.44. The Labute approximate surface area is 143 Å². The normalized spacial score (nSPS) is 10.1. The number of carbonyl (C=O) groups is 1. The van der Waals surface area contributed by atoms with Gasteiger partial charge in [-0.2, -0.15) is 5.26 Å². The fourth-order valence-electron chi connectivity index (χ4n) is 2.47. The predicted molar refractivity (Wildman–Crippen MR) is 93.2 cm³/mol. The molecule has 0 bridgehead atoms. The number of nitriles is 1. The smallest absolute Gasteiger partial charge is 0.337 e. The third-order valence-electron chi connectivity index (χ3n) is 3.70. The van der Waals surface area contributed by atoms with Gasteiger partial charge in [0.1, 0.15) is 5.82 Å². The second-order valence-corrected chi connectivity index (χ2v) is 5.39. The van der Waals surface area contributed by atoms with Crippen molar-refractivity contribution >= 4 is 17.3 Å². The number of rotatable bonds is 4. The second kappa shape index (κ2) is 6.85. The largest absolute Gasteiger partial charge is 0.478 e. The number of aromatic carboxylic acids is 1. The van der Waals surface area contributed by atoms with Gasteiger partial charge >= 0.3 is 5.97 Å². The maximum absolute atomic E-state index is 13.0. The van der Waals surface area contributed by atoms with Crippen LogP contribution < -0.4 is 5.32 Å². The molecule has 0 saturated carbocycles. The van der Waals surface area contributed by atoms with Crippen LogP contribution in [0.5, 0.6) is 0 Å². The molecule has 25 heavy (non-hydrogen) atoms. The lowest BCUT2D eigenvalue weighted by Crippen LogP contribution is -2.03. The Hall–Kier alpha value is -3.65. The maximum Gasteiger partial charge on any atom is 0.337 e. The molecule has 5 heteroatoms. The zero-order chi connectivity index (χ0) is 17.8. The second-order valence-electron chi connectivity index (χ2n) is 5.39. The number of carboxylic acid groups (broad SMARTS) is 1. The summed E-state index contributed by atoms with van der Waals surface area (Å²) in [7, 11) is 0. The molecule has 3 aromatic rings. The Balaban J connectivity index is 2.04. The van der Waals surface area contributed by atoms with E-state index in [0.29, 0.717) is 16.9 Å². The number of nitrogens with one attached hydrogen (secondary N) is 1. The van der Waals surface area contributed by atoms with Crippen LogP contribution in [0.1, 0.15) is 15.9 Å². The first-order valence-corrected chi connectivity index (χ1v) is 7.47. The molecular weight excluding hydrogens is 319 g/mol. The zero-order valence-electron chi connectivity index (χ0n) is 13.0. The van der Waals surface area contributed by atoms with Gasteiger partial charge in [0.25, 0.3) is 0 Å². The lowest BCUT2D eigenvalue weighted by Gasteiger charge is -2.12. The van der Waals surface area contributed by atoms with Crippen LogP contribution in [0.3, 0.4) is 0 Å². The van der Waals surface area contributed by atoms with Crippen molar-refractivity contribution in [2.45, 2.75) is 0 Å². The fraction of sp³-hybridized carbons (Fsp3) is 0. The van der Waals surface area contributed by atoms with Gasteiger partial charge in [0.15, 0.2) is 0 Å². The van der Waals surface area contributed by atoms with E-state index < -0.39 is 5.97 Å². The van der Waals surface area contributed by atoms with E-state index in [0.717, 1.165) is 11.1 Å². The number of nitrogens with zero attached hydrogens (tertiary/aromatic N) is 1. The van der Waals surface area contributed by atoms with Crippen molar-refractivity contribution in [1.29, 1.82) is 5.26 Å². The SMILES string of the molecule is N#Cc1cccc(-c2ccc(C(=O)O)c(Nc3ccc(F)cc3)c2)c1. The summed E-state index contributed by atoms with van der Waals surface area (Å²) in [6, 6.07) is 19.7. The van der Waals surface area contributed by atoms with Crippen molar-refractivity contribution < 1.29 is 14.3 Å². The molecule has 0 aliphatic rings. The van der Waals surface area contributed by atoms with Crippen LogP contribution in [-0.4, -0.2) is 11.1 Å². The number of halogens is 1. The van der Waals surface area contributed by atoms with Gasteiger partial charge in [-0.25, -0.2) is 9.18 Å². The lowest BCUT2D eigenvalue weighted by molar-refractivity contribution is 0.0698. The summed E-state index contributed by atoms with van der Waals surface area (Å²) in [5.74, 6) is -1.44. The quantitative estimate of drug-likeness (QED) is 0.719. The topological polar surface area (TPSA) is 73.1 Å². The molecule has 0 heterocycles. The van der Waals surface area contributed by atoms with E-state index in [1.807, 2.05) is 6.07 Å². The summed E-state index contributed by atoms with van der Waals surface area (Å²) in [5, 5.41) is 21.4. The number of carboxylic acids is 1. The van der Waals surface area contributed by atoms with E-state index >= 15 is 0 Å². The van der Waals surface area contributed by atoms with Crippen molar-refractivity contribution in [3.8, 4) is 17.2 Å². The monoisotopic (exact) mass is 332 g/mol. The third-order valence-corrected chi connectivity index (χ3v) is 3.70. The van der Waals surface area contributed by atoms with Crippen LogP contribution in [-0.2, 0) is 0 Å². The Morgan fingerprint density at radius 1 is 1.00 bits per heavy atom. The molecule has 3 aromatic carbocycles. The molecule has 2 N–H and O–H groups in total. The lowest BCUT2D eigenvalue weighted by atomic mass is 10.0. The summed E-state index contributed by atoms with van der Waals surface area (Å²) >= 11 is 0. The van der Waals surface area contributed by atoms with Crippen LogP contribution in [0, 0.1) is 17.1 Å². The molecule has 0 saturated heterocycles. The van der Waals surface area contributed by atoms with Crippen LogP contribution in [0.2, 0.25) is 0 Å². The third kappa shape index (κ3) is 3.65. The van der Waals surface area contributed by atoms with Crippen LogP contribution >= 0.6 is 0 Å². The van der Waals surface area contributed by atoms with Gasteiger partial charge in [-0.1, -0.05) is 18.2 Å². The van der Waals surface area contributed by atoms with Crippen molar-refractivity contribution in [3.63, 3.8) is 0 Å². The predicted octanol–water partition coefficient (Wildman–Crippen LogP) is 4.81. The van der Waals surface area contributed by atoms with Gasteiger partial charge in [-0.15, -0.1) is 0 Å². The summed E-state index contributed by atoms with van der Waals surface area (Å²) < 4.78 is 13.0. The van der Waals surface area contributed by atoms with E-state index in [2.05, 4.69) is 11.4 Å². The highest BCUT2D eigenvalue weighted by Crippen LogP contribution is 2.28. The summed E-state index contributed by atoms with van der Waals surface area (Å²) in [4.78, 5) is 11.5. The van der Waals surface area contributed by atoms with Crippen LogP contribution in [0.15, 0.2) is 66.7 Å². The first-order valence-electron chi connectivity index (χ1n) is 7.47. The molecule has 3 rings (SSSR count). The first-order chi connectivity index (χ1) is 12.1. The minimum absolute atomic E-state index is 0.101. The van der Waals surface area contributed by atoms with Crippen molar-refractivity contribution in [2.75, 3.05) is 5.32 Å². The molecule has 0 aliphatic heterocycles. The summed E-state index contributed by atoms with van der Waals surface area (Å²) in [6.07, 6.45) is 0. The Bertz CT molecular complexity index is 976.